The second-order valence-corrected chi connectivity index (χ2v) is 2.65. The highest BCUT2D eigenvalue weighted by Gasteiger charge is 1.99. The summed E-state index contributed by atoms with van der Waals surface area (Å²) in [6, 6.07) is 11.1. The minimum absolute atomic E-state index is 0.111. The average Bonchev–Trinajstić information content (AvgIpc) is 2.15. The minimum Gasteiger partial charge on any atom is -0.295 e. The molecule has 2 nitrogen and oxygen atoms in total. The zero-order valence-electron chi connectivity index (χ0n) is 7.32. The van der Waals surface area contributed by atoms with Gasteiger partial charge in [-0.25, -0.2) is 0 Å². The third-order valence-electron chi connectivity index (χ3n) is 1.55. The quantitative estimate of drug-likeness (QED) is 0.505. The molecule has 0 aliphatic carbocycles. The molecule has 0 aromatic heterocycles. The molecule has 0 atom stereocenters. The smallest absolute Gasteiger partial charge is 0.153 e. The second-order valence-electron chi connectivity index (χ2n) is 2.65. The van der Waals surface area contributed by atoms with E-state index in [1.165, 1.54) is 13.0 Å². The van der Waals surface area contributed by atoms with Crippen molar-refractivity contribution in [2.45, 2.75) is 6.92 Å². The molecule has 1 aromatic rings. The van der Waals surface area contributed by atoms with Crippen LogP contribution in [0.4, 0.5) is 0 Å². The lowest BCUT2D eigenvalue weighted by Crippen LogP contribution is -1.86. The lowest BCUT2D eigenvalue weighted by molar-refractivity contribution is -0.112. The molecular formula is C11H9NO. The molecule has 1 rings (SSSR count). The van der Waals surface area contributed by atoms with Crippen LogP contribution >= 0.6 is 0 Å². The summed E-state index contributed by atoms with van der Waals surface area (Å²) >= 11 is 0. The number of allylic oxidation sites excluding steroid dienone is 2. The van der Waals surface area contributed by atoms with Crippen molar-refractivity contribution in [2.75, 3.05) is 0 Å². The van der Waals surface area contributed by atoms with Gasteiger partial charge in [0, 0.05) is 0 Å². The van der Waals surface area contributed by atoms with E-state index in [2.05, 4.69) is 0 Å². The largest absolute Gasteiger partial charge is 0.295 e. The van der Waals surface area contributed by atoms with Crippen molar-refractivity contribution in [1.29, 1.82) is 5.26 Å². The predicted molar refractivity (Wildman–Crippen MR) is 50.7 cm³/mol. The minimum atomic E-state index is -0.111. The number of nitrogens with zero attached hydrogens (tertiary/aromatic N) is 1. The maximum Gasteiger partial charge on any atom is 0.153 e. The molecule has 0 bridgehead atoms. The normalized spacial score (nSPS) is 10.6. The Morgan fingerprint density at radius 3 is 2.46 bits per heavy atom. The van der Waals surface area contributed by atoms with Crippen molar-refractivity contribution in [3.8, 4) is 6.07 Å². The van der Waals surface area contributed by atoms with Gasteiger partial charge in [-0.1, -0.05) is 30.3 Å². The van der Waals surface area contributed by atoms with Crippen molar-refractivity contribution in [3.05, 3.63) is 42.0 Å². The highest BCUT2D eigenvalue weighted by molar-refractivity contribution is 5.98. The number of benzene rings is 1. The first kappa shape index (κ1) is 9.21. The molecular weight excluding hydrogens is 162 g/mol. The molecule has 2 heteroatoms. The molecule has 0 heterocycles. The van der Waals surface area contributed by atoms with Gasteiger partial charge in [0.25, 0.3) is 0 Å². The maximum atomic E-state index is 10.8. The van der Waals surface area contributed by atoms with E-state index in [1.807, 2.05) is 24.3 Å². The summed E-state index contributed by atoms with van der Waals surface area (Å²) in [4.78, 5) is 10.8. The van der Waals surface area contributed by atoms with E-state index < -0.39 is 0 Å². The van der Waals surface area contributed by atoms with Crippen LogP contribution in [0.5, 0.6) is 0 Å². The molecule has 0 aliphatic rings. The first-order valence-corrected chi connectivity index (χ1v) is 3.92. The monoisotopic (exact) mass is 171 g/mol. The number of rotatable bonds is 2. The molecule has 0 radical (unpaired) electrons. The van der Waals surface area contributed by atoms with Crippen LogP contribution in [0.2, 0.25) is 0 Å². The van der Waals surface area contributed by atoms with Crippen LogP contribution in [0.25, 0.3) is 5.57 Å². The van der Waals surface area contributed by atoms with Crippen LogP contribution in [-0.2, 0) is 4.79 Å². The number of nitriles is 1. The van der Waals surface area contributed by atoms with E-state index in [0.717, 1.165) is 5.56 Å². The number of carbonyl (C=O) groups excluding carboxylic acids is 1. The lowest BCUT2D eigenvalue weighted by Gasteiger charge is -1.95. The number of hydrogen-bond donors (Lipinski definition) is 0. The molecule has 0 amide bonds. The molecule has 0 unspecified atom stereocenters. The third-order valence-corrected chi connectivity index (χ3v) is 1.55. The van der Waals surface area contributed by atoms with Crippen molar-refractivity contribution >= 4 is 11.4 Å². The van der Waals surface area contributed by atoms with Gasteiger partial charge < -0.3 is 0 Å². The summed E-state index contributed by atoms with van der Waals surface area (Å²) in [6.07, 6.45) is 1.34. The Bertz CT molecular complexity index is 371. The fraction of sp³-hybridized carbons (Fsp3) is 0.0909. The maximum absolute atomic E-state index is 10.8. The summed E-state index contributed by atoms with van der Waals surface area (Å²) in [7, 11) is 0. The Hall–Kier alpha value is -1.88. The average molecular weight is 171 g/mol. The Labute approximate surface area is 77.1 Å². The molecule has 0 saturated carbocycles. The van der Waals surface area contributed by atoms with E-state index >= 15 is 0 Å². The molecule has 0 aliphatic heterocycles. The Kier molecular flexibility index (Phi) is 2.99. The molecule has 13 heavy (non-hydrogen) atoms. The van der Waals surface area contributed by atoms with Crippen molar-refractivity contribution in [1.82, 2.24) is 0 Å². The van der Waals surface area contributed by atoms with Gasteiger partial charge in [0.1, 0.15) is 0 Å². The fourth-order valence-corrected chi connectivity index (χ4v) is 1.00. The summed E-state index contributed by atoms with van der Waals surface area (Å²) in [5, 5.41) is 8.76. The zero-order chi connectivity index (χ0) is 9.68. The van der Waals surface area contributed by atoms with Crippen LogP contribution in [0.1, 0.15) is 12.5 Å². The molecule has 1 aromatic carbocycles. The first-order chi connectivity index (χ1) is 6.24. The van der Waals surface area contributed by atoms with E-state index in [4.69, 9.17) is 5.26 Å². The molecule has 0 spiro atoms. The third kappa shape index (κ3) is 2.57. The Morgan fingerprint density at radius 2 is 2.00 bits per heavy atom. The van der Waals surface area contributed by atoms with Crippen molar-refractivity contribution < 1.29 is 4.79 Å². The van der Waals surface area contributed by atoms with Crippen LogP contribution in [0.15, 0.2) is 36.4 Å². The van der Waals surface area contributed by atoms with Gasteiger partial charge in [0.2, 0.25) is 0 Å². The molecule has 0 N–H and O–H groups in total. The number of ketones is 1. The molecule has 64 valence electrons. The van der Waals surface area contributed by atoms with Gasteiger partial charge in [-0.3, -0.25) is 4.79 Å². The van der Waals surface area contributed by atoms with Gasteiger partial charge >= 0.3 is 0 Å². The van der Waals surface area contributed by atoms with E-state index in [0.29, 0.717) is 5.57 Å². The van der Waals surface area contributed by atoms with E-state index in [9.17, 15) is 4.79 Å². The topological polar surface area (TPSA) is 40.9 Å². The molecule has 0 fully saturated rings. The predicted octanol–water partition coefficient (Wildman–Crippen LogP) is 2.18. The SMILES string of the molecule is CC(=O)C=C(C#N)c1ccccc1. The van der Waals surface area contributed by atoms with Crippen LogP contribution in [0.3, 0.4) is 0 Å². The summed E-state index contributed by atoms with van der Waals surface area (Å²) in [5.41, 5.74) is 1.19. The van der Waals surface area contributed by atoms with Crippen LogP contribution < -0.4 is 0 Å². The number of hydrogen-bond acceptors (Lipinski definition) is 2. The van der Waals surface area contributed by atoms with Crippen LogP contribution in [0, 0.1) is 11.3 Å². The highest BCUT2D eigenvalue weighted by Crippen LogP contribution is 2.12. The van der Waals surface area contributed by atoms with E-state index in [1.54, 1.807) is 12.1 Å². The highest BCUT2D eigenvalue weighted by atomic mass is 16.1. The zero-order valence-corrected chi connectivity index (χ0v) is 7.32. The lowest BCUT2D eigenvalue weighted by atomic mass is 10.1. The van der Waals surface area contributed by atoms with E-state index in [-0.39, 0.29) is 5.78 Å². The van der Waals surface area contributed by atoms with Crippen LogP contribution in [-0.4, -0.2) is 5.78 Å². The Balaban J connectivity index is 3.07. The summed E-state index contributed by atoms with van der Waals surface area (Å²) < 4.78 is 0. The summed E-state index contributed by atoms with van der Waals surface area (Å²) in [5.74, 6) is -0.111. The van der Waals surface area contributed by atoms with Crippen molar-refractivity contribution in [2.24, 2.45) is 0 Å². The summed E-state index contributed by atoms with van der Waals surface area (Å²) in [6.45, 7) is 1.43. The first-order valence-electron chi connectivity index (χ1n) is 3.92. The van der Waals surface area contributed by atoms with Gasteiger partial charge in [0.15, 0.2) is 5.78 Å². The van der Waals surface area contributed by atoms with Gasteiger partial charge in [0.05, 0.1) is 11.6 Å². The van der Waals surface area contributed by atoms with Gasteiger partial charge in [-0.2, -0.15) is 5.26 Å². The standard InChI is InChI=1S/C11H9NO/c1-9(13)7-11(8-12)10-5-3-2-4-6-10/h2-7H,1H3. The second kappa shape index (κ2) is 4.22. The molecule has 0 saturated heterocycles. The Morgan fingerprint density at radius 1 is 1.38 bits per heavy atom. The van der Waals surface area contributed by atoms with Crippen molar-refractivity contribution in [3.63, 3.8) is 0 Å². The van der Waals surface area contributed by atoms with Gasteiger partial charge in [-0.15, -0.1) is 0 Å². The fourth-order valence-electron chi connectivity index (χ4n) is 1.00. The number of carbonyl (C=O) groups is 1. The van der Waals surface area contributed by atoms with Gasteiger partial charge in [-0.05, 0) is 18.6 Å².